The number of hydrogen-bond acceptors (Lipinski definition) is 7. The van der Waals surface area contributed by atoms with Crippen molar-refractivity contribution < 1.29 is 33.3 Å². The molecule has 3 atom stereocenters. The molecule has 0 N–H and O–H groups in total. The summed E-state index contributed by atoms with van der Waals surface area (Å²) in [7, 11) is 1.32. The number of hydrogen-bond donors (Lipinski definition) is 0. The van der Waals surface area contributed by atoms with Gasteiger partial charge >= 0.3 is 11.9 Å². The van der Waals surface area contributed by atoms with Gasteiger partial charge in [0, 0.05) is 13.5 Å². The molecule has 0 radical (unpaired) electrons. The predicted octanol–water partition coefficient (Wildman–Crippen LogP) is 2.40. The molecule has 2 aromatic rings. The molecular weight excluding hydrogens is 364 g/mol. The number of esters is 2. The van der Waals surface area contributed by atoms with Gasteiger partial charge in [0.25, 0.3) is 0 Å². The van der Waals surface area contributed by atoms with Crippen molar-refractivity contribution >= 4 is 17.7 Å². The second-order valence-electron chi connectivity index (χ2n) is 6.19. The van der Waals surface area contributed by atoms with Crippen molar-refractivity contribution in [1.82, 2.24) is 0 Å². The summed E-state index contributed by atoms with van der Waals surface area (Å²) in [4.78, 5) is 36.7. The van der Waals surface area contributed by atoms with Crippen LogP contribution >= 0.6 is 0 Å². The first-order valence-electron chi connectivity index (χ1n) is 8.78. The summed E-state index contributed by atoms with van der Waals surface area (Å²) >= 11 is 0. The minimum atomic E-state index is -1.19. The molecule has 2 aromatic carbocycles. The van der Waals surface area contributed by atoms with Gasteiger partial charge in [0.2, 0.25) is 12.1 Å². The second-order valence-corrected chi connectivity index (χ2v) is 6.19. The number of Topliss-reactive ketones (excluding diaryl/α,β-unsaturated/α-hetero) is 1. The quantitative estimate of drug-likeness (QED) is 0.707. The van der Waals surface area contributed by atoms with Gasteiger partial charge in [0.15, 0.2) is 6.10 Å². The van der Waals surface area contributed by atoms with Gasteiger partial charge in [-0.15, -0.1) is 0 Å². The molecule has 1 saturated heterocycles. The maximum atomic E-state index is 12.4. The van der Waals surface area contributed by atoms with E-state index < -0.39 is 36.2 Å². The Morgan fingerprint density at radius 2 is 1.54 bits per heavy atom. The monoisotopic (exact) mass is 384 g/mol. The Morgan fingerprint density at radius 3 is 2.11 bits per heavy atom. The van der Waals surface area contributed by atoms with Crippen molar-refractivity contribution in [2.75, 3.05) is 13.7 Å². The van der Waals surface area contributed by atoms with Gasteiger partial charge in [-0.3, -0.25) is 4.79 Å². The Labute approximate surface area is 162 Å². The number of carbonyl (C=O) groups excluding carboxylic acids is 3. The lowest BCUT2D eigenvalue weighted by atomic mass is 10.0. The van der Waals surface area contributed by atoms with E-state index >= 15 is 0 Å². The molecule has 0 aromatic heterocycles. The molecule has 146 valence electrons. The van der Waals surface area contributed by atoms with E-state index in [1.807, 2.05) is 0 Å². The molecule has 28 heavy (non-hydrogen) atoms. The van der Waals surface area contributed by atoms with E-state index in [1.54, 1.807) is 60.7 Å². The van der Waals surface area contributed by atoms with Crippen LogP contribution < -0.4 is 0 Å². The third-order valence-electron chi connectivity index (χ3n) is 4.23. The molecule has 3 rings (SSSR count). The highest BCUT2D eigenvalue weighted by Crippen LogP contribution is 2.22. The lowest BCUT2D eigenvalue weighted by molar-refractivity contribution is -0.207. The third-order valence-corrected chi connectivity index (χ3v) is 4.23. The van der Waals surface area contributed by atoms with Crippen LogP contribution in [0.5, 0.6) is 0 Å². The van der Waals surface area contributed by atoms with Crippen molar-refractivity contribution in [3.8, 4) is 0 Å². The number of ether oxygens (including phenoxy) is 4. The fraction of sp³-hybridized carbons (Fsp3) is 0.286. The first-order chi connectivity index (χ1) is 13.6. The average Bonchev–Trinajstić information content (AvgIpc) is 2.75. The van der Waals surface area contributed by atoms with Gasteiger partial charge in [-0.2, -0.15) is 0 Å². The van der Waals surface area contributed by atoms with Gasteiger partial charge in [-0.25, -0.2) is 9.59 Å². The number of rotatable bonds is 6. The molecular formula is C21H20O7. The minimum absolute atomic E-state index is 0.0688. The van der Waals surface area contributed by atoms with Gasteiger partial charge < -0.3 is 18.9 Å². The molecule has 1 fully saturated rings. The fourth-order valence-corrected chi connectivity index (χ4v) is 2.79. The van der Waals surface area contributed by atoms with Crippen molar-refractivity contribution in [1.29, 1.82) is 0 Å². The lowest BCUT2D eigenvalue weighted by Gasteiger charge is -2.32. The van der Waals surface area contributed by atoms with Gasteiger partial charge in [-0.05, 0) is 24.3 Å². The SMILES string of the molecule is CO[C@H]1O[C@H](COC(=O)c2ccccc2)CC(OC(=O)c2ccccc2)C1=O. The normalized spacial score (nSPS) is 21.8. The lowest BCUT2D eigenvalue weighted by Crippen LogP contribution is -2.49. The van der Waals surface area contributed by atoms with E-state index in [0.29, 0.717) is 11.1 Å². The largest absolute Gasteiger partial charge is 0.459 e. The summed E-state index contributed by atoms with van der Waals surface area (Å²) in [6, 6.07) is 16.9. The summed E-state index contributed by atoms with van der Waals surface area (Å²) < 4.78 is 21.2. The van der Waals surface area contributed by atoms with Crippen molar-refractivity contribution in [2.24, 2.45) is 0 Å². The molecule has 7 nitrogen and oxygen atoms in total. The van der Waals surface area contributed by atoms with Crippen molar-refractivity contribution in [3.63, 3.8) is 0 Å². The van der Waals surface area contributed by atoms with E-state index in [4.69, 9.17) is 18.9 Å². The summed E-state index contributed by atoms with van der Waals surface area (Å²) in [5.41, 5.74) is 0.743. The summed E-state index contributed by atoms with van der Waals surface area (Å²) in [6.45, 7) is -0.0970. The van der Waals surface area contributed by atoms with Gasteiger partial charge in [0.1, 0.15) is 6.61 Å². The van der Waals surface area contributed by atoms with E-state index in [2.05, 4.69) is 0 Å². The second kappa shape index (κ2) is 9.25. The minimum Gasteiger partial charge on any atom is -0.459 e. The van der Waals surface area contributed by atoms with E-state index in [0.717, 1.165) is 0 Å². The molecule has 0 bridgehead atoms. The number of methoxy groups -OCH3 is 1. The average molecular weight is 384 g/mol. The summed E-state index contributed by atoms with van der Waals surface area (Å²) in [5, 5.41) is 0. The highest BCUT2D eigenvalue weighted by atomic mass is 16.7. The van der Waals surface area contributed by atoms with Crippen LogP contribution in [0, 0.1) is 0 Å². The van der Waals surface area contributed by atoms with Crippen LogP contribution in [0.2, 0.25) is 0 Å². The molecule has 7 heteroatoms. The maximum Gasteiger partial charge on any atom is 0.338 e. The van der Waals surface area contributed by atoms with Crippen LogP contribution in [0.25, 0.3) is 0 Å². The number of ketones is 1. The Balaban J connectivity index is 1.62. The van der Waals surface area contributed by atoms with Crippen molar-refractivity contribution in [3.05, 3.63) is 71.8 Å². The van der Waals surface area contributed by atoms with Crippen molar-refractivity contribution in [2.45, 2.75) is 24.9 Å². The standard InChI is InChI=1S/C21H20O7/c1-25-21-18(22)17(28-20(24)15-10-6-3-7-11-15)12-16(27-21)13-26-19(23)14-8-4-2-5-9-14/h2-11,16-17,21H,12-13H2,1H3/t16-,17?,21-/m0/s1. The Bertz CT molecular complexity index is 819. The molecule has 0 spiro atoms. The zero-order chi connectivity index (χ0) is 19.9. The van der Waals surface area contributed by atoms with Crippen LogP contribution in [-0.4, -0.2) is 49.9 Å². The molecule has 1 aliphatic heterocycles. The smallest absolute Gasteiger partial charge is 0.338 e. The van der Waals surface area contributed by atoms with Crippen LogP contribution in [0.4, 0.5) is 0 Å². The van der Waals surface area contributed by atoms with E-state index in [9.17, 15) is 14.4 Å². The van der Waals surface area contributed by atoms with Crippen LogP contribution in [0.3, 0.4) is 0 Å². The van der Waals surface area contributed by atoms with E-state index in [-0.39, 0.29) is 13.0 Å². The maximum absolute atomic E-state index is 12.4. The highest BCUT2D eigenvalue weighted by Gasteiger charge is 2.40. The fourth-order valence-electron chi connectivity index (χ4n) is 2.79. The number of benzene rings is 2. The molecule has 0 saturated carbocycles. The van der Waals surface area contributed by atoms with E-state index in [1.165, 1.54) is 7.11 Å². The first kappa shape index (κ1) is 19.7. The third kappa shape index (κ3) is 4.82. The summed E-state index contributed by atoms with van der Waals surface area (Å²) in [5.74, 6) is -1.61. The van der Waals surface area contributed by atoms with Gasteiger partial charge in [0.05, 0.1) is 17.2 Å². The molecule has 1 heterocycles. The zero-order valence-electron chi connectivity index (χ0n) is 15.3. The predicted molar refractivity (Wildman–Crippen MR) is 97.7 cm³/mol. The summed E-state index contributed by atoms with van der Waals surface area (Å²) in [6.07, 6.45) is -2.82. The molecule has 1 unspecified atom stereocenters. The Morgan fingerprint density at radius 1 is 0.964 bits per heavy atom. The topological polar surface area (TPSA) is 88.1 Å². The molecule has 0 amide bonds. The first-order valence-corrected chi connectivity index (χ1v) is 8.78. The number of carbonyl (C=O) groups is 3. The van der Waals surface area contributed by atoms with Crippen LogP contribution in [0.15, 0.2) is 60.7 Å². The Kier molecular flexibility index (Phi) is 6.52. The van der Waals surface area contributed by atoms with Crippen LogP contribution in [0.1, 0.15) is 27.1 Å². The zero-order valence-corrected chi connectivity index (χ0v) is 15.3. The highest BCUT2D eigenvalue weighted by molar-refractivity contribution is 5.94. The Hall–Kier alpha value is -3.03. The van der Waals surface area contributed by atoms with Gasteiger partial charge in [-0.1, -0.05) is 36.4 Å². The molecule has 1 aliphatic rings. The molecule has 0 aliphatic carbocycles. The van der Waals surface area contributed by atoms with Crippen LogP contribution in [-0.2, 0) is 23.7 Å².